The fraction of sp³-hybridized carbons (Fsp3) is 0.159. The number of phenolic OH excluding ortho intramolecular Hbond substituents is 2. The lowest BCUT2D eigenvalue weighted by Gasteiger charge is -2.32. The first kappa shape index (κ1) is 35.1. The highest BCUT2D eigenvalue weighted by Gasteiger charge is 2.36. The van der Waals surface area contributed by atoms with Gasteiger partial charge in [-0.25, -0.2) is 0 Å². The Hall–Kier alpha value is -4.75. The molecule has 6 heteroatoms. The Morgan fingerprint density at radius 1 is 0.580 bits per heavy atom. The van der Waals surface area contributed by atoms with Crippen molar-refractivity contribution in [3.63, 3.8) is 0 Å². The number of hydrogen-bond acceptors (Lipinski definition) is 6. The fourth-order valence-corrected chi connectivity index (χ4v) is 8.29. The normalized spacial score (nSPS) is 13.0. The minimum absolute atomic E-state index is 0.0352. The first-order chi connectivity index (χ1) is 24.3. The Morgan fingerprint density at radius 3 is 1.58 bits per heavy atom. The molecule has 0 aliphatic carbocycles. The molecule has 0 aromatic heterocycles. The van der Waals surface area contributed by atoms with Gasteiger partial charge in [-0.3, -0.25) is 4.79 Å². The molecule has 0 heterocycles. The zero-order chi connectivity index (χ0) is 35.1. The number of benzene rings is 6. The predicted molar refractivity (Wildman–Crippen MR) is 209 cm³/mol. The minimum atomic E-state index is -1.22. The third-order valence-corrected chi connectivity index (χ3v) is 11.5. The summed E-state index contributed by atoms with van der Waals surface area (Å²) < 4.78 is 0. The second kappa shape index (κ2) is 15.9. The average molecular weight is 697 g/mol. The summed E-state index contributed by atoms with van der Waals surface area (Å²) in [5.74, 6) is 0.327. The van der Waals surface area contributed by atoms with E-state index in [4.69, 9.17) is 0 Å². The standard InChI is InChI=1S/C44H40O4S2/c1-3-44(48,29-50-35-22-13-21-34(25-35)38-24-14-23-37(42(38)46)31-15-7-4-8-16-31)30(2)41(45)28-49-36-26-39(32-17-9-5-10-18-32)43(47)40(27-36)33-19-11-6-12-20-33/h4-27,30,46-48H,3,28-29H2,1-2H3. The molecular formula is C44H40O4S2. The first-order valence-electron chi connectivity index (χ1n) is 16.7. The molecule has 252 valence electrons. The van der Waals surface area contributed by atoms with E-state index in [9.17, 15) is 20.1 Å². The average Bonchev–Trinajstić information content (AvgIpc) is 3.17. The van der Waals surface area contributed by atoms with Crippen LogP contribution in [-0.4, -0.2) is 38.2 Å². The summed E-state index contributed by atoms with van der Waals surface area (Å²) in [4.78, 5) is 15.5. The quantitative estimate of drug-likeness (QED) is 0.104. The van der Waals surface area contributed by atoms with E-state index >= 15 is 0 Å². The van der Waals surface area contributed by atoms with Gasteiger partial charge in [0, 0.05) is 43.7 Å². The smallest absolute Gasteiger partial charge is 0.148 e. The van der Waals surface area contributed by atoms with Gasteiger partial charge in [-0.05, 0) is 52.9 Å². The number of ketones is 1. The topological polar surface area (TPSA) is 77.8 Å². The van der Waals surface area contributed by atoms with Crippen LogP contribution < -0.4 is 0 Å². The van der Waals surface area contributed by atoms with Gasteiger partial charge in [0.2, 0.25) is 0 Å². The van der Waals surface area contributed by atoms with Gasteiger partial charge in [0.1, 0.15) is 17.3 Å². The molecule has 3 N–H and O–H groups in total. The lowest BCUT2D eigenvalue weighted by molar-refractivity contribution is -0.127. The summed E-state index contributed by atoms with van der Waals surface area (Å²) in [6, 6.07) is 46.9. The van der Waals surface area contributed by atoms with Crippen LogP contribution in [0.5, 0.6) is 11.5 Å². The number of phenols is 2. The molecule has 6 rings (SSSR count). The molecule has 0 saturated heterocycles. The summed E-state index contributed by atoms with van der Waals surface area (Å²) in [7, 11) is 0. The number of thioether (sulfide) groups is 2. The van der Waals surface area contributed by atoms with Crippen LogP contribution in [0.3, 0.4) is 0 Å². The largest absolute Gasteiger partial charge is 0.507 e. The highest BCUT2D eigenvalue weighted by molar-refractivity contribution is 8.00. The number of rotatable bonds is 13. The van der Waals surface area contributed by atoms with Crippen molar-refractivity contribution in [2.24, 2.45) is 5.92 Å². The zero-order valence-corrected chi connectivity index (χ0v) is 29.8. The lowest BCUT2D eigenvalue weighted by atomic mass is 9.85. The van der Waals surface area contributed by atoms with Gasteiger partial charge in [0.05, 0.1) is 11.4 Å². The SMILES string of the molecule is CCC(O)(CSc1cccc(-c2cccc(-c3ccccc3)c2O)c1)C(C)C(=O)CSc1cc(-c2ccccc2)c(O)c(-c2ccccc2)c1. The Bertz CT molecular complexity index is 2010. The lowest BCUT2D eigenvalue weighted by Crippen LogP contribution is -2.43. The van der Waals surface area contributed by atoms with Crippen molar-refractivity contribution in [1.82, 2.24) is 0 Å². The fourth-order valence-electron chi connectivity index (χ4n) is 6.07. The molecular weight excluding hydrogens is 657 g/mol. The van der Waals surface area contributed by atoms with Gasteiger partial charge in [0.25, 0.3) is 0 Å². The van der Waals surface area contributed by atoms with Crippen molar-refractivity contribution >= 4 is 29.3 Å². The second-order valence-electron chi connectivity index (χ2n) is 12.4. The Kier molecular flexibility index (Phi) is 11.1. The third kappa shape index (κ3) is 7.84. The van der Waals surface area contributed by atoms with Gasteiger partial charge >= 0.3 is 0 Å². The van der Waals surface area contributed by atoms with Gasteiger partial charge in [0.15, 0.2) is 0 Å². The van der Waals surface area contributed by atoms with Crippen LogP contribution in [0.1, 0.15) is 20.3 Å². The van der Waals surface area contributed by atoms with Crippen LogP contribution in [0.15, 0.2) is 155 Å². The number of Topliss-reactive ketones (excluding diaryl/α,β-unsaturated/α-hetero) is 1. The predicted octanol–water partition coefficient (Wildman–Crippen LogP) is 11.0. The maximum Gasteiger partial charge on any atom is 0.148 e. The molecule has 0 amide bonds. The summed E-state index contributed by atoms with van der Waals surface area (Å²) in [5.41, 5.74) is 5.32. The molecule has 0 spiro atoms. The van der Waals surface area contributed by atoms with Crippen LogP contribution in [0.25, 0.3) is 44.5 Å². The number of hydrogen-bond donors (Lipinski definition) is 3. The van der Waals surface area contributed by atoms with E-state index in [1.807, 2.05) is 159 Å². The van der Waals surface area contributed by atoms with Gasteiger partial charge in [-0.2, -0.15) is 0 Å². The third-order valence-electron chi connectivity index (χ3n) is 9.29. The van der Waals surface area contributed by atoms with Crippen LogP contribution in [-0.2, 0) is 4.79 Å². The molecule has 0 radical (unpaired) electrons. The Morgan fingerprint density at radius 2 is 1.04 bits per heavy atom. The van der Waals surface area contributed by atoms with Gasteiger partial charge < -0.3 is 15.3 Å². The second-order valence-corrected chi connectivity index (χ2v) is 14.5. The van der Waals surface area contributed by atoms with Crippen molar-refractivity contribution < 1.29 is 20.1 Å². The van der Waals surface area contributed by atoms with E-state index in [-0.39, 0.29) is 23.0 Å². The Balaban J connectivity index is 1.16. The van der Waals surface area contributed by atoms with E-state index in [0.717, 1.165) is 43.2 Å². The molecule has 0 fully saturated rings. The monoisotopic (exact) mass is 696 g/mol. The van der Waals surface area contributed by atoms with Crippen molar-refractivity contribution in [3.8, 4) is 56.0 Å². The van der Waals surface area contributed by atoms with Crippen LogP contribution in [0.4, 0.5) is 0 Å². The zero-order valence-electron chi connectivity index (χ0n) is 28.1. The van der Waals surface area contributed by atoms with E-state index in [1.165, 1.54) is 23.5 Å². The summed E-state index contributed by atoms with van der Waals surface area (Å²) >= 11 is 2.93. The van der Waals surface area contributed by atoms with Crippen LogP contribution in [0.2, 0.25) is 0 Å². The molecule has 6 aromatic rings. The number of aliphatic hydroxyl groups is 1. The molecule has 0 saturated carbocycles. The van der Waals surface area contributed by atoms with Crippen LogP contribution >= 0.6 is 23.5 Å². The van der Waals surface area contributed by atoms with E-state index in [0.29, 0.717) is 23.3 Å². The van der Waals surface area contributed by atoms with Crippen molar-refractivity contribution in [3.05, 3.63) is 146 Å². The number of carbonyl (C=O) groups is 1. The number of para-hydroxylation sites is 1. The molecule has 4 nitrogen and oxygen atoms in total. The van der Waals surface area contributed by atoms with Crippen molar-refractivity contribution in [2.45, 2.75) is 35.7 Å². The number of aromatic hydroxyl groups is 2. The maximum atomic E-state index is 13.7. The molecule has 2 atom stereocenters. The molecule has 0 aliphatic heterocycles. The van der Waals surface area contributed by atoms with Gasteiger partial charge in [-0.1, -0.05) is 135 Å². The molecule has 6 aromatic carbocycles. The van der Waals surface area contributed by atoms with E-state index < -0.39 is 11.5 Å². The van der Waals surface area contributed by atoms with E-state index in [2.05, 4.69) is 0 Å². The highest BCUT2D eigenvalue weighted by atomic mass is 32.2. The molecule has 0 aliphatic rings. The summed E-state index contributed by atoms with van der Waals surface area (Å²) in [6.07, 6.45) is 0.423. The van der Waals surface area contributed by atoms with Gasteiger partial charge in [-0.15, -0.1) is 23.5 Å². The number of carbonyl (C=O) groups excluding carboxylic acids is 1. The summed E-state index contributed by atoms with van der Waals surface area (Å²) in [6.45, 7) is 3.73. The van der Waals surface area contributed by atoms with Crippen LogP contribution in [0, 0.1) is 5.92 Å². The van der Waals surface area contributed by atoms with Crippen molar-refractivity contribution in [1.29, 1.82) is 0 Å². The maximum absolute atomic E-state index is 13.7. The molecule has 2 unspecified atom stereocenters. The first-order valence-corrected chi connectivity index (χ1v) is 18.7. The highest BCUT2D eigenvalue weighted by Crippen LogP contribution is 2.43. The molecule has 0 bridgehead atoms. The molecule has 50 heavy (non-hydrogen) atoms. The minimum Gasteiger partial charge on any atom is -0.507 e. The van der Waals surface area contributed by atoms with Crippen molar-refractivity contribution in [2.75, 3.05) is 11.5 Å². The summed E-state index contributed by atoms with van der Waals surface area (Å²) in [5, 5.41) is 34.3. The Labute approximate surface area is 302 Å². The van der Waals surface area contributed by atoms with E-state index in [1.54, 1.807) is 0 Å².